The summed E-state index contributed by atoms with van der Waals surface area (Å²) in [5.41, 5.74) is -0.972. The second-order valence-corrected chi connectivity index (χ2v) is 19.9. The minimum Gasteiger partial charge on any atom is -0.464 e. The van der Waals surface area contributed by atoms with Crippen molar-refractivity contribution in [3.63, 3.8) is 0 Å². The number of fused-ring (bicyclic) bond motifs is 4. The molecular formula is C41H67NO9. The van der Waals surface area contributed by atoms with Crippen LogP contribution in [0.4, 0.5) is 0 Å². The first-order chi connectivity index (χ1) is 24.0. The van der Waals surface area contributed by atoms with Gasteiger partial charge in [0.1, 0.15) is 12.7 Å². The molecule has 10 heteroatoms. The van der Waals surface area contributed by atoms with Crippen molar-refractivity contribution in [1.82, 2.24) is 4.90 Å². The summed E-state index contributed by atoms with van der Waals surface area (Å²) in [5, 5.41) is 23.9. The van der Waals surface area contributed by atoms with E-state index in [9.17, 15) is 15.0 Å². The summed E-state index contributed by atoms with van der Waals surface area (Å²) < 4.78 is 36.7. The fourth-order valence-corrected chi connectivity index (χ4v) is 14.5. The Balaban J connectivity index is 1.01. The second-order valence-electron chi connectivity index (χ2n) is 19.9. The first-order valence-electron chi connectivity index (χ1n) is 20.5. The van der Waals surface area contributed by atoms with E-state index in [0.29, 0.717) is 29.7 Å². The van der Waals surface area contributed by atoms with Gasteiger partial charge >= 0.3 is 5.97 Å². The molecule has 51 heavy (non-hydrogen) atoms. The minimum absolute atomic E-state index is 0.0440. The monoisotopic (exact) mass is 717 g/mol. The zero-order valence-corrected chi connectivity index (χ0v) is 32.7. The first kappa shape index (κ1) is 37.1. The topological polar surface area (TPSA) is 116 Å². The van der Waals surface area contributed by atoms with Gasteiger partial charge in [-0.05, 0) is 117 Å². The van der Waals surface area contributed by atoms with Crippen LogP contribution < -0.4 is 0 Å². The average molecular weight is 718 g/mol. The Morgan fingerprint density at radius 2 is 1.76 bits per heavy atom. The molecule has 3 aliphatic heterocycles. The largest absolute Gasteiger partial charge is 0.464 e. The highest BCUT2D eigenvalue weighted by Crippen LogP contribution is 2.89. The van der Waals surface area contributed by atoms with E-state index >= 15 is 0 Å². The van der Waals surface area contributed by atoms with Crippen LogP contribution in [0.3, 0.4) is 0 Å². The Kier molecular flexibility index (Phi) is 9.15. The van der Waals surface area contributed by atoms with Gasteiger partial charge in [-0.15, -0.1) is 0 Å². The number of hydrogen-bond acceptors (Lipinski definition) is 10. The minimum atomic E-state index is -1.24. The van der Waals surface area contributed by atoms with Crippen LogP contribution in [-0.4, -0.2) is 116 Å². The summed E-state index contributed by atoms with van der Waals surface area (Å²) in [6.07, 6.45) is 6.79. The smallest absolute Gasteiger partial charge is 0.332 e. The number of aliphatic hydroxyl groups excluding tert-OH is 1. The van der Waals surface area contributed by atoms with E-state index in [1.165, 1.54) is 25.7 Å². The lowest BCUT2D eigenvalue weighted by Gasteiger charge is -2.64. The van der Waals surface area contributed by atoms with Gasteiger partial charge in [0.25, 0.3) is 0 Å². The summed E-state index contributed by atoms with van der Waals surface area (Å²) in [4.78, 5) is 14.7. The zero-order valence-electron chi connectivity index (χ0n) is 32.7. The summed E-state index contributed by atoms with van der Waals surface area (Å²) in [6.45, 7) is 21.5. The lowest BCUT2D eigenvalue weighted by Crippen LogP contribution is -2.60. The van der Waals surface area contributed by atoms with Gasteiger partial charge in [0.05, 0.1) is 69.0 Å². The number of morpholine rings is 1. The number of rotatable bonds is 9. The molecule has 8 rings (SSSR count). The van der Waals surface area contributed by atoms with Crippen molar-refractivity contribution in [3.8, 4) is 0 Å². The van der Waals surface area contributed by atoms with Crippen LogP contribution in [0, 0.1) is 50.7 Å². The molecule has 8 fully saturated rings. The molecule has 0 aromatic heterocycles. The molecule has 0 aromatic carbocycles. The third-order valence-corrected chi connectivity index (χ3v) is 17.0. The van der Waals surface area contributed by atoms with E-state index in [4.69, 9.17) is 28.4 Å². The summed E-state index contributed by atoms with van der Waals surface area (Å²) >= 11 is 0. The highest BCUT2D eigenvalue weighted by atomic mass is 16.7. The van der Waals surface area contributed by atoms with Crippen molar-refractivity contribution in [2.24, 2.45) is 50.7 Å². The van der Waals surface area contributed by atoms with Crippen molar-refractivity contribution in [1.29, 1.82) is 0 Å². The molecule has 0 aromatic rings. The van der Waals surface area contributed by atoms with Gasteiger partial charge in [-0.3, -0.25) is 4.90 Å². The number of aliphatic hydroxyl groups is 2. The van der Waals surface area contributed by atoms with Crippen molar-refractivity contribution in [2.75, 3.05) is 46.1 Å². The highest BCUT2D eigenvalue weighted by Gasteiger charge is 2.84. The molecule has 3 saturated heterocycles. The van der Waals surface area contributed by atoms with Crippen molar-refractivity contribution >= 4 is 5.97 Å². The van der Waals surface area contributed by atoms with Crippen LogP contribution >= 0.6 is 0 Å². The van der Waals surface area contributed by atoms with E-state index in [0.717, 1.165) is 52.2 Å². The third kappa shape index (κ3) is 5.33. The zero-order chi connectivity index (χ0) is 36.4. The lowest BCUT2D eigenvalue weighted by molar-refractivity contribution is -0.256. The molecule has 0 bridgehead atoms. The van der Waals surface area contributed by atoms with Gasteiger partial charge in [-0.1, -0.05) is 34.6 Å². The van der Waals surface area contributed by atoms with Gasteiger partial charge < -0.3 is 38.6 Å². The molecule has 3 heterocycles. The second kappa shape index (κ2) is 12.6. The molecule has 290 valence electrons. The normalized spacial score (nSPS) is 49.7. The summed E-state index contributed by atoms with van der Waals surface area (Å²) in [5.74, 6) is 1.07. The molecular weight excluding hydrogens is 650 g/mol. The maximum Gasteiger partial charge on any atom is 0.332 e. The SMILES string of the molecule is CCOC(=O)CO[C@@H]([C@H]1C[C@@H](C)[C@H]2[C@H](O1)[C@H](O)[C@@]1(C)C3CC[C@H]4C(C)(C)C(O[C@H]5CN(C6COC6)CCO5)CCC45CC35CCC21C)C(C)(C)O. The van der Waals surface area contributed by atoms with Gasteiger partial charge in [0.2, 0.25) is 0 Å². The highest BCUT2D eigenvalue weighted by molar-refractivity contribution is 5.70. The molecule has 5 saturated carbocycles. The Labute approximate surface area is 305 Å². The number of hydrogen-bond donors (Lipinski definition) is 2. The van der Waals surface area contributed by atoms with Crippen LogP contribution in [-0.2, 0) is 33.2 Å². The number of esters is 1. The van der Waals surface area contributed by atoms with Crippen molar-refractivity contribution in [2.45, 2.75) is 155 Å². The maximum atomic E-state index is 12.7. The Hall–Kier alpha value is -0.850. The molecule has 2 spiro atoms. The molecule has 5 unspecified atom stereocenters. The van der Waals surface area contributed by atoms with Gasteiger partial charge in [-0.25, -0.2) is 4.79 Å². The number of carbonyl (C=O) groups is 1. The van der Waals surface area contributed by atoms with E-state index < -0.39 is 29.9 Å². The van der Waals surface area contributed by atoms with E-state index in [1.54, 1.807) is 20.8 Å². The molecule has 2 N–H and O–H groups in total. The van der Waals surface area contributed by atoms with E-state index in [1.807, 2.05) is 0 Å². The van der Waals surface area contributed by atoms with Crippen LogP contribution in [0.1, 0.15) is 107 Å². The Morgan fingerprint density at radius 1 is 1.04 bits per heavy atom. The van der Waals surface area contributed by atoms with Crippen LogP contribution in [0.2, 0.25) is 0 Å². The molecule has 5 aliphatic carbocycles. The van der Waals surface area contributed by atoms with Gasteiger partial charge in [0.15, 0.2) is 6.29 Å². The molecule has 0 radical (unpaired) electrons. The summed E-state index contributed by atoms with van der Waals surface area (Å²) in [7, 11) is 0. The fraction of sp³-hybridized carbons (Fsp3) is 0.976. The number of nitrogens with zero attached hydrogens (tertiary/aromatic N) is 1. The molecule has 0 amide bonds. The number of ether oxygens (including phenoxy) is 6. The third-order valence-electron chi connectivity index (χ3n) is 17.0. The molecule has 14 atom stereocenters. The number of carbonyl (C=O) groups excluding carboxylic acids is 1. The van der Waals surface area contributed by atoms with Gasteiger partial charge in [0, 0.05) is 12.0 Å². The van der Waals surface area contributed by atoms with Crippen molar-refractivity contribution in [3.05, 3.63) is 0 Å². The van der Waals surface area contributed by atoms with Crippen LogP contribution in [0.5, 0.6) is 0 Å². The van der Waals surface area contributed by atoms with E-state index in [2.05, 4.69) is 39.5 Å². The van der Waals surface area contributed by atoms with Crippen LogP contribution in [0.25, 0.3) is 0 Å². The van der Waals surface area contributed by atoms with Crippen molar-refractivity contribution < 1.29 is 43.4 Å². The Bertz CT molecular complexity index is 1330. The first-order valence-corrected chi connectivity index (χ1v) is 20.5. The van der Waals surface area contributed by atoms with E-state index in [-0.39, 0.29) is 65.2 Å². The summed E-state index contributed by atoms with van der Waals surface area (Å²) in [6, 6.07) is 0.504. The van der Waals surface area contributed by atoms with Crippen LogP contribution in [0.15, 0.2) is 0 Å². The maximum absolute atomic E-state index is 12.7. The molecule has 8 aliphatic rings. The predicted molar refractivity (Wildman–Crippen MR) is 190 cm³/mol. The van der Waals surface area contributed by atoms with Gasteiger partial charge in [-0.2, -0.15) is 0 Å². The lowest BCUT2D eigenvalue weighted by atomic mass is 9.41. The fourth-order valence-electron chi connectivity index (χ4n) is 14.5. The average Bonchev–Trinajstić information content (AvgIpc) is 3.66. The standard InChI is InChI=1S/C41H67NO9/c1-9-47-30(43)22-49-35(37(5,6)45)26-18-24(2)32-33(50-26)34(44)39(8)28-11-10-27-36(3,4)29(51-31-19-42(16-17-48-31)25-20-46-21-25)12-13-40(27)23-41(28,40)15-14-38(32,39)7/h24-29,31-35,44-45H,9-23H2,1-8H3/t24-,26-,27+,28?,29?,31+,32+,33+,34+,35+,38?,39-,40?,41?/m1/s1. The quantitative estimate of drug-likeness (QED) is 0.317. The predicted octanol–water partition coefficient (Wildman–Crippen LogP) is 4.96. The Morgan fingerprint density at radius 3 is 2.45 bits per heavy atom. The molecule has 10 nitrogen and oxygen atoms in total.